The van der Waals surface area contributed by atoms with Crippen molar-refractivity contribution in [3.63, 3.8) is 0 Å². The molecular weight excluding hydrogens is 321 g/mol. The van der Waals surface area contributed by atoms with Gasteiger partial charge in [0.1, 0.15) is 5.82 Å². The molecule has 0 unspecified atom stereocenters. The molecule has 0 aromatic heterocycles. The number of benzene rings is 2. The second kappa shape index (κ2) is 8.82. The maximum Gasteiger partial charge on any atom is 0.315 e. The smallest absolute Gasteiger partial charge is 0.315 e. The molecule has 0 radical (unpaired) electrons. The van der Waals surface area contributed by atoms with Crippen LogP contribution in [0, 0.1) is 11.7 Å². The Balaban J connectivity index is 1.78. The highest BCUT2D eigenvalue weighted by Crippen LogP contribution is 2.11. The Bertz CT molecular complexity index is 730. The van der Waals surface area contributed by atoms with Crippen LogP contribution < -0.4 is 16.0 Å². The van der Waals surface area contributed by atoms with Crippen LogP contribution in [0.15, 0.2) is 48.5 Å². The van der Waals surface area contributed by atoms with Crippen molar-refractivity contribution in [3.05, 3.63) is 65.5 Å². The van der Waals surface area contributed by atoms with Crippen LogP contribution in [0.1, 0.15) is 25.0 Å². The number of halogens is 1. The third kappa shape index (κ3) is 5.91. The molecule has 0 aliphatic rings. The molecule has 0 atom stereocenters. The highest BCUT2D eigenvalue weighted by atomic mass is 19.1. The summed E-state index contributed by atoms with van der Waals surface area (Å²) in [5.74, 6) is -0.472. The lowest BCUT2D eigenvalue weighted by atomic mass is 10.1. The topological polar surface area (TPSA) is 70.2 Å². The summed E-state index contributed by atoms with van der Waals surface area (Å²) in [6, 6.07) is 13.2. The van der Waals surface area contributed by atoms with Crippen molar-refractivity contribution in [1.29, 1.82) is 0 Å². The van der Waals surface area contributed by atoms with Gasteiger partial charge in [-0.1, -0.05) is 44.2 Å². The van der Waals surface area contributed by atoms with E-state index in [9.17, 15) is 14.0 Å². The van der Waals surface area contributed by atoms with Gasteiger partial charge in [-0.15, -0.1) is 0 Å². The molecule has 0 aliphatic heterocycles. The van der Waals surface area contributed by atoms with E-state index in [-0.39, 0.29) is 30.2 Å². The predicted octanol–water partition coefficient (Wildman–Crippen LogP) is 3.42. The van der Waals surface area contributed by atoms with Gasteiger partial charge in [-0.05, 0) is 23.8 Å². The Morgan fingerprint density at radius 2 is 1.60 bits per heavy atom. The lowest BCUT2D eigenvalue weighted by Crippen LogP contribution is -2.34. The van der Waals surface area contributed by atoms with E-state index in [1.807, 2.05) is 26.0 Å². The maximum absolute atomic E-state index is 13.5. The molecule has 0 spiro atoms. The molecule has 2 aromatic carbocycles. The SMILES string of the molecule is CC(C)C(=O)Nc1ccc(CNC(=O)NCc2ccccc2F)cc1. The molecule has 25 heavy (non-hydrogen) atoms. The second-order valence-electron chi connectivity index (χ2n) is 5.97. The van der Waals surface area contributed by atoms with Gasteiger partial charge in [0.15, 0.2) is 0 Å². The Labute approximate surface area is 146 Å². The molecule has 0 saturated heterocycles. The standard InChI is InChI=1S/C19H22FN3O2/c1-13(2)18(24)23-16-9-7-14(8-10-16)11-21-19(25)22-12-15-5-3-4-6-17(15)20/h3-10,13H,11-12H2,1-2H3,(H,23,24)(H2,21,22,25). The molecule has 0 saturated carbocycles. The van der Waals surface area contributed by atoms with E-state index in [0.29, 0.717) is 17.8 Å². The van der Waals surface area contributed by atoms with Crippen LogP contribution in [-0.2, 0) is 17.9 Å². The highest BCUT2D eigenvalue weighted by Gasteiger charge is 2.07. The van der Waals surface area contributed by atoms with Gasteiger partial charge in [0.25, 0.3) is 0 Å². The van der Waals surface area contributed by atoms with E-state index < -0.39 is 0 Å². The summed E-state index contributed by atoms with van der Waals surface area (Å²) in [4.78, 5) is 23.4. The fourth-order valence-corrected chi connectivity index (χ4v) is 2.05. The Morgan fingerprint density at radius 1 is 0.960 bits per heavy atom. The molecule has 5 nitrogen and oxygen atoms in total. The third-order valence-electron chi connectivity index (χ3n) is 3.60. The molecular formula is C19H22FN3O2. The van der Waals surface area contributed by atoms with Crippen LogP contribution >= 0.6 is 0 Å². The van der Waals surface area contributed by atoms with Crippen LogP contribution in [0.2, 0.25) is 0 Å². The van der Waals surface area contributed by atoms with Crippen molar-refractivity contribution in [2.45, 2.75) is 26.9 Å². The molecule has 0 heterocycles. The first-order chi connectivity index (χ1) is 12.0. The van der Waals surface area contributed by atoms with Crippen molar-refractivity contribution in [3.8, 4) is 0 Å². The maximum atomic E-state index is 13.5. The largest absolute Gasteiger partial charge is 0.334 e. The van der Waals surface area contributed by atoms with Crippen LogP contribution in [0.3, 0.4) is 0 Å². The van der Waals surface area contributed by atoms with Crippen molar-refractivity contribution >= 4 is 17.6 Å². The van der Waals surface area contributed by atoms with Crippen LogP contribution in [0.4, 0.5) is 14.9 Å². The molecule has 2 rings (SSSR count). The number of hydrogen-bond donors (Lipinski definition) is 3. The van der Waals surface area contributed by atoms with E-state index in [1.165, 1.54) is 6.07 Å². The normalized spacial score (nSPS) is 10.4. The first-order valence-electron chi connectivity index (χ1n) is 8.10. The molecule has 132 valence electrons. The summed E-state index contributed by atoms with van der Waals surface area (Å²) in [6.45, 7) is 4.11. The summed E-state index contributed by atoms with van der Waals surface area (Å²) in [6.07, 6.45) is 0. The summed E-state index contributed by atoms with van der Waals surface area (Å²) in [5.41, 5.74) is 2.04. The predicted molar refractivity (Wildman–Crippen MR) is 95.4 cm³/mol. The summed E-state index contributed by atoms with van der Waals surface area (Å²) in [5, 5.41) is 8.12. The lowest BCUT2D eigenvalue weighted by Gasteiger charge is -2.10. The van der Waals surface area contributed by atoms with Crippen molar-refractivity contribution in [2.75, 3.05) is 5.32 Å². The third-order valence-corrected chi connectivity index (χ3v) is 3.60. The van der Waals surface area contributed by atoms with E-state index in [2.05, 4.69) is 16.0 Å². The van der Waals surface area contributed by atoms with Crippen LogP contribution in [0.5, 0.6) is 0 Å². The fraction of sp³-hybridized carbons (Fsp3) is 0.263. The van der Waals surface area contributed by atoms with Gasteiger partial charge in [0.05, 0.1) is 0 Å². The molecule has 3 amide bonds. The molecule has 3 N–H and O–H groups in total. The van der Waals surface area contributed by atoms with Gasteiger partial charge in [0.2, 0.25) is 5.91 Å². The second-order valence-corrected chi connectivity index (χ2v) is 5.97. The quantitative estimate of drug-likeness (QED) is 0.752. The first-order valence-corrected chi connectivity index (χ1v) is 8.10. The zero-order chi connectivity index (χ0) is 18.2. The Hall–Kier alpha value is -2.89. The van der Waals surface area contributed by atoms with E-state index >= 15 is 0 Å². The van der Waals surface area contributed by atoms with Gasteiger partial charge in [0, 0.05) is 30.3 Å². The average molecular weight is 343 g/mol. The van der Waals surface area contributed by atoms with Crippen LogP contribution in [-0.4, -0.2) is 11.9 Å². The first kappa shape index (κ1) is 18.4. The van der Waals surface area contributed by atoms with Gasteiger partial charge in [-0.2, -0.15) is 0 Å². The number of urea groups is 1. The van der Waals surface area contributed by atoms with Gasteiger partial charge >= 0.3 is 6.03 Å². The zero-order valence-corrected chi connectivity index (χ0v) is 14.3. The molecule has 0 fully saturated rings. The minimum Gasteiger partial charge on any atom is -0.334 e. The minimum absolute atomic E-state index is 0.0432. The number of rotatable bonds is 6. The lowest BCUT2D eigenvalue weighted by molar-refractivity contribution is -0.118. The van der Waals surface area contributed by atoms with Gasteiger partial charge in [-0.3, -0.25) is 4.79 Å². The number of hydrogen-bond acceptors (Lipinski definition) is 2. The minimum atomic E-state index is -0.375. The summed E-state index contributed by atoms with van der Waals surface area (Å²) < 4.78 is 13.5. The van der Waals surface area contributed by atoms with Crippen molar-refractivity contribution in [1.82, 2.24) is 10.6 Å². The van der Waals surface area contributed by atoms with E-state index in [0.717, 1.165) is 5.56 Å². The molecule has 0 bridgehead atoms. The number of anilines is 1. The van der Waals surface area contributed by atoms with Gasteiger partial charge in [-0.25, -0.2) is 9.18 Å². The van der Waals surface area contributed by atoms with E-state index in [4.69, 9.17) is 0 Å². The monoisotopic (exact) mass is 343 g/mol. The number of nitrogens with one attached hydrogen (secondary N) is 3. The Kier molecular flexibility index (Phi) is 6.51. The Morgan fingerprint density at radius 3 is 2.24 bits per heavy atom. The van der Waals surface area contributed by atoms with Crippen LogP contribution in [0.25, 0.3) is 0 Å². The van der Waals surface area contributed by atoms with Crippen molar-refractivity contribution < 1.29 is 14.0 Å². The van der Waals surface area contributed by atoms with Gasteiger partial charge < -0.3 is 16.0 Å². The summed E-state index contributed by atoms with van der Waals surface area (Å²) >= 11 is 0. The molecule has 0 aliphatic carbocycles. The average Bonchev–Trinajstić information content (AvgIpc) is 2.60. The number of carbonyl (C=O) groups is 2. The number of amides is 3. The highest BCUT2D eigenvalue weighted by molar-refractivity contribution is 5.92. The zero-order valence-electron chi connectivity index (χ0n) is 14.3. The van der Waals surface area contributed by atoms with E-state index in [1.54, 1.807) is 30.3 Å². The van der Waals surface area contributed by atoms with Crippen molar-refractivity contribution in [2.24, 2.45) is 5.92 Å². The fourth-order valence-electron chi connectivity index (χ4n) is 2.05. The molecule has 6 heteroatoms. The number of carbonyl (C=O) groups excluding carboxylic acids is 2. The molecule has 2 aromatic rings. The summed E-state index contributed by atoms with van der Waals surface area (Å²) in [7, 11) is 0.